The molecule has 0 N–H and O–H groups in total. The number of anilines is 1. The normalized spacial score (nSPS) is 13.8. The third-order valence-corrected chi connectivity index (χ3v) is 3.66. The van der Waals surface area contributed by atoms with Crippen molar-refractivity contribution in [2.24, 2.45) is 0 Å². The van der Waals surface area contributed by atoms with Gasteiger partial charge in [0.05, 0.1) is 18.4 Å². The van der Waals surface area contributed by atoms with Crippen LogP contribution in [-0.4, -0.2) is 25.3 Å². The number of hydrogen-bond donors (Lipinski definition) is 0. The minimum absolute atomic E-state index is 0.406. The molecule has 0 fully saturated rings. The molecule has 0 unspecified atom stereocenters. The third kappa shape index (κ3) is 2.84. The highest BCUT2D eigenvalue weighted by molar-refractivity contribution is 6.52. The molecule has 1 amide bonds. The smallest absolute Gasteiger partial charge is 0.299 e. The summed E-state index contributed by atoms with van der Waals surface area (Å²) in [5.74, 6) is -0.151. The number of carbonyl (C=O) groups is 2. The van der Waals surface area contributed by atoms with Gasteiger partial charge in [-0.1, -0.05) is 32.6 Å². The summed E-state index contributed by atoms with van der Waals surface area (Å²) in [6.45, 7) is 2.78. The van der Waals surface area contributed by atoms with Crippen molar-refractivity contribution < 1.29 is 14.3 Å². The van der Waals surface area contributed by atoms with E-state index in [9.17, 15) is 9.59 Å². The Morgan fingerprint density at radius 1 is 1.10 bits per heavy atom. The van der Waals surface area contributed by atoms with Gasteiger partial charge in [0.25, 0.3) is 11.7 Å². The lowest BCUT2D eigenvalue weighted by molar-refractivity contribution is -0.114. The quantitative estimate of drug-likeness (QED) is 0.567. The minimum Gasteiger partial charge on any atom is -0.497 e. The Balaban J connectivity index is 2.07. The van der Waals surface area contributed by atoms with Crippen molar-refractivity contribution in [3.63, 3.8) is 0 Å². The van der Waals surface area contributed by atoms with Gasteiger partial charge in [0.1, 0.15) is 5.75 Å². The molecule has 108 valence electrons. The Kier molecular flexibility index (Phi) is 4.77. The Bertz CT molecular complexity index is 510. The fraction of sp³-hybridized carbons (Fsp3) is 0.500. The number of carbonyl (C=O) groups excluding carboxylic acids is 2. The van der Waals surface area contributed by atoms with E-state index in [-0.39, 0.29) is 0 Å². The van der Waals surface area contributed by atoms with Crippen LogP contribution in [0, 0.1) is 0 Å². The maximum atomic E-state index is 12.0. The zero-order valence-corrected chi connectivity index (χ0v) is 12.1. The number of Topliss-reactive ketones (excluding diaryl/α,β-unsaturated/α-hetero) is 1. The summed E-state index contributed by atoms with van der Waals surface area (Å²) in [5, 5.41) is 0. The van der Waals surface area contributed by atoms with Crippen LogP contribution in [0.3, 0.4) is 0 Å². The van der Waals surface area contributed by atoms with Crippen LogP contribution in [0.5, 0.6) is 5.75 Å². The van der Waals surface area contributed by atoms with E-state index < -0.39 is 11.7 Å². The van der Waals surface area contributed by atoms with Gasteiger partial charge in [0, 0.05) is 12.6 Å². The highest BCUT2D eigenvalue weighted by Gasteiger charge is 2.35. The van der Waals surface area contributed by atoms with Gasteiger partial charge < -0.3 is 9.64 Å². The average Bonchev–Trinajstić information content (AvgIpc) is 2.71. The highest BCUT2D eigenvalue weighted by atomic mass is 16.5. The molecule has 1 aliphatic rings. The van der Waals surface area contributed by atoms with Crippen LogP contribution < -0.4 is 9.64 Å². The molecule has 1 aliphatic heterocycles. The van der Waals surface area contributed by atoms with E-state index in [0.717, 1.165) is 12.8 Å². The second kappa shape index (κ2) is 6.55. The van der Waals surface area contributed by atoms with Crippen molar-refractivity contribution in [2.45, 2.75) is 39.0 Å². The number of rotatable bonds is 7. The number of benzene rings is 1. The number of fused-ring (bicyclic) bond motifs is 1. The topological polar surface area (TPSA) is 46.6 Å². The van der Waals surface area contributed by atoms with E-state index >= 15 is 0 Å². The van der Waals surface area contributed by atoms with Gasteiger partial charge in [0.2, 0.25) is 0 Å². The first-order valence-electron chi connectivity index (χ1n) is 7.23. The monoisotopic (exact) mass is 275 g/mol. The number of amides is 1. The zero-order chi connectivity index (χ0) is 14.5. The van der Waals surface area contributed by atoms with Crippen molar-refractivity contribution in [3.8, 4) is 5.75 Å². The van der Waals surface area contributed by atoms with Crippen LogP contribution in [0.25, 0.3) is 0 Å². The molecule has 20 heavy (non-hydrogen) atoms. The molecule has 2 rings (SSSR count). The predicted octanol–water partition coefficient (Wildman–Crippen LogP) is 3.19. The fourth-order valence-electron chi connectivity index (χ4n) is 2.50. The third-order valence-electron chi connectivity index (χ3n) is 3.66. The summed E-state index contributed by atoms with van der Waals surface area (Å²) in [6, 6.07) is 5.16. The standard InChI is InChI=1S/C16H21NO3/c1-3-4-5-6-7-10-17-14-11-12(20-2)8-9-13(14)15(18)16(17)19/h8-9,11H,3-7,10H2,1-2H3. The fourth-order valence-corrected chi connectivity index (χ4v) is 2.50. The summed E-state index contributed by atoms with van der Waals surface area (Å²) < 4.78 is 5.17. The number of unbranched alkanes of at least 4 members (excludes halogenated alkanes) is 4. The molecule has 0 radical (unpaired) electrons. The van der Waals surface area contributed by atoms with Gasteiger partial charge in [-0.15, -0.1) is 0 Å². The summed E-state index contributed by atoms with van der Waals surface area (Å²) in [5.41, 5.74) is 1.18. The Hall–Kier alpha value is -1.84. The molecule has 0 aliphatic carbocycles. The van der Waals surface area contributed by atoms with Crippen molar-refractivity contribution in [1.29, 1.82) is 0 Å². The first-order chi connectivity index (χ1) is 9.69. The molecule has 0 atom stereocenters. The van der Waals surface area contributed by atoms with Crippen molar-refractivity contribution in [1.82, 2.24) is 0 Å². The average molecular weight is 275 g/mol. The largest absolute Gasteiger partial charge is 0.497 e. The molecule has 1 aromatic carbocycles. The SMILES string of the molecule is CCCCCCCN1C(=O)C(=O)c2ccc(OC)cc21. The maximum absolute atomic E-state index is 12.0. The van der Waals surface area contributed by atoms with E-state index in [1.165, 1.54) is 19.3 Å². The lowest BCUT2D eigenvalue weighted by atomic mass is 10.1. The molecule has 4 nitrogen and oxygen atoms in total. The van der Waals surface area contributed by atoms with E-state index in [0.29, 0.717) is 23.5 Å². The van der Waals surface area contributed by atoms with Gasteiger partial charge in [-0.05, 0) is 18.6 Å². The molecule has 1 aromatic rings. The second-order valence-corrected chi connectivity index (χ2v) is 5.08. The molecule has 0 saturated heterocycles. The predicted molar refractivity (Wildman–Crippen MR) is 78.4 cm³/mol. The zero-order valence-electron chi connectivity index (χ0n) is 12.1. The van der Waals surface area contributed by atoms with Crippen molar-refractivity contribution >= 4 is 17.4 Å². The minimum atomic E-state index is -0.413. The van der Waals surface area contributed by atoms with E-state index in [1.807, 2.05) is 0 Å². The molecule has 0 aromatic heterocycles. The number of nitrogens with zero attached hydrogens (tertiary/aromatic N) is 1. The molecule has 4 heteroatoms. The van der Waals surface area contributed by atoms with Crippen LogP contribution in [0.4, 0.5) is 5.69 Å². The lowest BCUT2D eigenvalue weighted by Crippen LogP contribution is -2.30. The number of ether oxygens (including phenoxy) is 1. The molecule has 0 saturated carbocycles. The Morgan fingerprint density at radius 3 is 2.55 bits per heavy atom. The highest BCUT2D eigenvalue weighted by Crippen LogP contribution is 2.32. The number of methoxy groups -OCH3 is 1. The number of ketones is 1. The van der Waals surface area contributed by atoms with Crippen LogP contribution in [0.2, 0.25) is 0 Å². The maximum Gasteiger partial charge on any atom is 0.299 e. The molecular weight excluding hydrogens is 254 g/mol. The summed E-state index contributed by atoms with van der Waals surface area (Å²) >= 11 is 0. The van der Waals surface area contributed by atoms with Crippen molar-refractivity contribution in [2.75, 3.05) is 18.6 Å². The molecular formula is C16H21NO3. The summed E-state index contributed by atoms with van der Waals surface area (Å²) in [6.07, 6.45) is 5.61. The van der Waals surface area contributed by atoms with Crippen LogP contribution >= 0.6 is 0 Å². The first kappa shape index (κ1) is 14.6. The van der Waals surface area contributed by atoms with Crippen LogP contribution in [0.15, 0.2) is 18.2 Å². The van der Waals surface area contributed by atoms with E-state index in [4.69, 9.17) is 4.74 Å². The van der Waals surface area contributed by atoms with Gasteiger partial charge in [-0.3, -0.25) is 9.59 Å². The van der Waals surface area contributed by atoms with Crippen LogP contribution in [-0.2, 0) is 4.79 Å². The lowest BCUT2D eigenvalue weighted by Gasteiger charge is -2.16. The van der Waals surface area contributed by atoms with E-state index in [1.54, 1.807) is 30.2 Å². The molecule has 0 bridgehead atoms. The molecule has 1 heterocycles. The number of hydrogen-bond acceptors (Lipinski definition) is 3. The Morgan fingerprint density at radius 2 is 1.85 bits per heavy atom. The first-order valence-corrected chi connectivity index (χ1v) is 7.23. The van der Waals surface area contributed by atoms with Crippen LogP contribution in [0.1, 0.15) is 49.4 Å². The summed E-state index contributed by atoms with van der Waals surface area (Å²) in [4.78, 5) is 25.5. The second-order valence-electron chi connectivity index (χ2n) is 5.08. The van der Waals surface area contributed by atoms with Gasteiger partial charge >= 0.3 is 0 Å². The van der Waals surface area contributed by atoms with Crippen molar-refractivity contribution in [3.05, 3.63) is 23.8 Å². The molecule has 0 spiro atoms. The van der Waals surface area contributed by atoms with Gasteiger partial charge in [-0.25, -0.2) is 0 Å². The van der Waals surface area contributed by atoms with Gasteiger partial charge in [-0.2, -0.15) is 0 Å². The summed E-state index contributed by atoms with van der Waals surface area (Å²) in [7, 11) is 1.58. The Labute approximate surface area is 119 Å². The van der Waals surface area contributed by atoms with Gasteiger partial charge in [0.15, 0.2) is 0 Å². The van der Waals surface area contributed by atoms with E-state index in [2.05, 4.69) is 6.92 Å².